The maximum absolute atomic E-state index is 14.7. The fraction of sp³-hybridized carbons (Fsp3) is 0.474. The second-order valence-corrected chi connectivity index (χ2v) is 13.6. The van der Waals surface area contributed by atoms with Crippen LogP contribution in [0.4, 0.5) is 4.79 Å². The number of ether oxygens (including phenoxy) is 3. The summed E-state index contributed by atoms with van der Waals surface area (Å²) in [5, 5.41) is 3.41. The number of Topliss-reactive ketones (excluding diaryl/α,β-unsaturated/α-hetero) is 2. The Morgan fingerprint density at radius 2 is 1.57 bits per heavy atom. The molecule has 3 aromatic rings. The number of benzene rings is 2. The second kappa shape index (κ2) is 13.2. The van der Waals surface area contributed by atoms with Crippen molar-refractivity contribution in [2.24, 2.45) is 0 Å². The van der Waals surface area contributed by atoms with Gasteiger partial charge in [-0.25, -0.2) is 4.48 Å². The van der Waals surface area contributed by atoms with Crippen molar-refractivity contribution in [2.45, 2.75) is 81.8 Å². The lowest BCUT2D eigenvalue weighted by atomic mass is 9.71. The molecule has 9 heteroatoms. The standard InChI is InChI=1S/C38H44N3O6/c1-45-33-12-9-27(23-34(33)46-29-7-3-4-8-29)38(25-26-13-17-39-18-14-26)35(42)31-11-10-30(24-32(31)36(38)43)47-37(44)41(21-5-2-6-22-41)28-15-19-40-20-16-28/h9-14,17-18,23-24,28-29,40H,2-8,15-16,19-22,25H2,1H3/q+1. The molecule has 2 aliphatic heterocycles. The quantitative estimate of drug-likeness (QED) is 0.229. The number of carbonyl (C=O) groups excluding carboxylic acids is 3. The Morgan fingerprint density at radius 3 is 2.30 bits per heavy atom. The van der Waals surface area contributed by atoms with Crippen LogP contribution in [0, 0.1) is 0 Å². The normalized spacial score (nSPS) is 23.0. The van der Waals surface area contributed by atoms with Gasteiger partial charge in [0.1, 0.15) is 17.2 Å². The number of hydrogen-bond donors (Lipinski definition) is 1. The summed E-state index contributed by atoms with van der Waals surface area (Å²) in [6, 6.07) is 14.2. The van der Waals surface area contributed by atoms with Crippen LogP contribution in [0.5, 0.6) is 17.2 Å². The van der Waals surface area contributed by atoms with E-state index in [2.05, 4.69) is 10.3 Å². The molecule has 1 amide bonds. The predicted octanol–water partition coefficient (Wildman–Crippen LogP) is 6.22. The third kappa shape index (κ3) is 5.74. The van der Waals surface area contributed by atoms with Gasteiger partial charge in [0, 0.05) is 49.5 Å². The molecular formula is C38H44N3O6+. The van der Waals surface area contributed by atoms with Crippen molar-refractivity contribution in [3.05, 3.63) is 83.2 Å². The average molecular weight is 639 g/mol. The van der Waals surface area contributed by atoms with E-state index in [1.165, 1.54) is 0 Å². The summed E-state index contributed by atoms with van der Waals surface area (Å²) in [5.41, 5.74) is 0.446. The van der Waals surface area contributed by atoms with Gasteiger partial charge in [-0.2, -0.15) is 4.79 Å². The number of hydrogen-bond acceptors (Lipinski definition) is 8. The van der Waals surface area contributed by atoms with E-state index in [9.17, 15) is 14.4 Å². The summed E-state index contributed by atoms with van der Waals surface area (Å²) >= 11 is 0. The van der Waals surface area contributed by atoms with E-state index in [4.69, 9.17) is 14.2 Å². The van der Waals surface area contributed by atoms with Crippen molar-refractivity contribution in [2.75, 3.05) is 33.3 Å². The molecule has 0 radical (unpaired) electrons. The van der Waals surface area contributed by atoms with Crippen molar-refractivity contribution in [1.29, 1.82) is 0 Å². The first kappa shape index (κ1) is 31.5. The lowest BCUT2D eigenvalue weighted by molar-refractivity contribution is -0.887. The van der Waals surface area contributed by atoms with E-state index in [1.54, 1.807) is 49.8 Å². The van der Waals surface area contributed by atoms with E-state index in [-0.39, 0.29) is 41.8 Å². The molecular weight excluding hydrogens is 594 g/mol. The zero-order chi connectivity index (χ0) is 32.4. The topological polar surface area (TPSA) is 104 Å². The summed E-state index contributed by atoms with van der Waals surface area (Å²) < 4.78 is 18.5. The van der Waals surface area contributed by atoms with E-state index in [0.717, 1.165) is 89.5 Å². The van der Waals surface area contributed by atoms with Crippen LogP contribution in [-0.2, 0) is 11.8 Å². The van der Waals surface area contributed by atoms with Gasteiger partial charge in [-0.15, -0.1) is 0 Å². The number of likely N-dealkylation sites (tertiary alicyclic amines) is 1. The molecule has 1 aromatic heterocycles. The highest BCUT2D eigenvalue weighted by Crippen LogP contribution is 2.46. The predicted molar refractivity (Wildman–Crippen MR) is 176 cm³/mol. The third-order valence-electron chi connectivity index (χ3n) is 10.9. The Balaban J connectivity index is 1.25. The third-order valence-corrected chi connectivity index (χ3v) is 10.9. The van der Waals surface area contributed by atoms with Crippen molar-refractivity contribution in [3.63, 3.8) is 0 Å². The highest BCUT2D eigenvalue weighted by molar-refractivity contribution is 6.33. The van der Waals surface area contributed by atoms with Gasteiger partial charge in [0.05, 0.1) is 26.3 Å². The maximum atomic E-state index is 14.7. The smallest absolute Gasteiger partial charge is 0.493 e. The van der Waals surface area contributed by atoms with Crippen LogP contribution in [0.2, 0.25) is 0 Å². The number of fused-ring (bicyclic) bond motifs is 1. The van der Waals surface area contributed by atoms with E-state index in [1.807, 2.05) is 18.2 Å². The van der Waals surface area contributed by atoms with Gasteiger partial charge in [-0.3, -0.25) is 14.6 Å². The van der Waals surface area contributed by atoms with Gasteiger partial charge < -0.3 is 19.5 Å². The SMILES string of the molecule is COc1ccc(C2(Cc3ccncc3)C(=O)c3ccc(OC(=O)[N+]4(C5CCNCC5)CCCCC4)cc3C2=O)cc1OC1CCCC1. The molecule has 2 aliphatic carbocycles. The Kier molecular flexibility index (Phi) is 8.85. The molecule has 0 spiro atoms. The lowest BCUT2D eigenvalue weighted by Crippen LogP contribution is -2.64. The van der Waals surface area contributed by atoms with Gasteiger partial charge in [-0.1, -0.05) is 6.07 Å². The number of amides is 1. The molecule has 1 unspecified atom stereocenters. The fourth-order valence-corrected chi connectivity index (χ4v) is 8.35. The number of carbonyl (C=O) groups is 3. The largest absolute Gasteiger partial charge is 0.521 e. The van der Waals surface area contributed by atoms with Crippen LogP contribution in [0.25, 0.3) is 0 Å². The summed E-state index contributed by atoms with van der Waals surface area (Å²) in [7, 11) is 1.59. The second-order valence-electron chi connectivity index (χ2n) is 13.6. The Morgan fingerprint density at radius 1 is 0.851 bits per heavy atom. The van der Waals surface area contributed by atoms with Crippen LogP contribution in [0.1, 0.15) is 89.6 Å². The number of quaternary nitrogens is 1. The van der Waals surface area contributed by atoms with E-state index in [0.29, 0.717) is 32.9 Å². The van der Waals surface area contributed by atoms with Gasteiger partial charge >= 0.3 is 6.09 Å². The van der Waals surface area contributed by atoms with Crippen molar-refractivity contribution in [1.82, 2.24) is 10.3 Å². The van der Waals surface area contributed by atoms with Gasteiger partial charge in [0.15, 0.2) is 23.1 Å². The number of methoxy groups -OCH3 is 1. The van der Waals surface area contributed by atoms with Gasteiger partial charge in [0.25, 0.3) is 0 Å². The Labute approximate surface area is 276 Å². The molecule has 3 heterocycles. The van der Waals surface area contributed by atoms with Crippen LogP contribution in [0.3, 0.4) is 0 Å². The minimum absolute atomic E-state index is 0.0652. The number of nitrogens with one attached hydrogen (secondary N) is 1. The summed E-state index contributed by atoms with van der Waals surface area (Å²) in [6.07, 6.45) is 12.4. The summed E-state index contributed by atoms with van der Waals surface area (Å²) in [6.45, 7) is 3.32. The first-order chi connectivity index (χ1) is 22.9. The molecule has 1 N–H and O–H groups in total. The molecule has 9 nitrogen and oxygen atoms in total. The molecule has 2 saturated heterocycles. The number of nitrogens with zero attached hydrogens (tertiary/aromatic N) is 2. The molecule has 1 saturated carbocycles. The number of aromatic nitrogens is 1. The zero-order valence-electron chi connectivity index (χ0n) is 27.2. The molecule has 4 aliphatic rings. The van der Waals surface area contributed by atoms with Gasteiger partial charge in [-0.05, 0) is 105 Å². The number of ketones is 2. The molecule has 3 fully saturated rings. The van der Waals surface area contributed by atoms with Crippen molar-refractivity contribution >= 4 is 17.7 Å². The molecule has 1 atom stereocenters. The number of pyridine rings is 1. The Hall–Kier alpha value is -4.08. The molecule has 2 aromatic carbocycles. The number of piperidine rings is 2. The van der Waals surface area contributed by atoms with Crippen LogP contribution < -0.4 is 19.5 Å². The number of rotatable bonds is 8. The van der Waals surface area contributed by atoms with Crippen molar-refractivity contribution < 1.29 is 33.1 Å². The first-order valence-electron chi connectivity index (χ1n) is 17.2. The average Bonchev–Trinajstić information content (AvgIpc) is 3.70. The minimum Gasteiger partial charge on any atom is -0.493 e. The van der Waals surface area contributed by atoms with Crippen LogP contribution in [-0.4, -0.2) is 72.6 Å². The Bertz CT molecular complexity index is 1640. The van der Waals surface area contributed by atoms with Crippen LogP contribution in [0.15, 0.2) is 60.9 Å². The van der Waals surface area contributed by atoms with Gasteiger partial charge in [0.2, 0.25) is 0 Å². The highest BCUT2D eigenvalue weighted by atomic mass is 16.6. The summed E-state index contributed by atoms with van der Waals surface area (Å²) in [4.78, 5) is 47.4. The van der Waals surface area contributed by atoms with Crippen LogP contribution >= 0.6 is 0 Å². The van der Waals surface area contributed by atoms with Crippen molar-refractivity contribution in [3.8, 4) is 17.2 Å². The zero-order valence-corrected chi connectivity index (χ0v) is 27.2. The first-order valence-corrected chi connectivity index (χ1v) is 17.2. The fourth-order valence-electron chi connectivity index (χ4n) is 8.35. The minimum atomic E-state index is -1.53. The lowest BCUT2D eigenvalue weighted by Gasteiger charge is -2.44. The monoisotopic (exact) mass is 638 g/mol. The highest BCUT2D eigenvalue weighted by Gasteiger charge is 2.55. The molecule has 7 rings (SSSR count). The van der Waals surface area contributed by atoms with E-state index < -0.39 is 5.41 Å². The molecule has 0 bridgehead atoms. The summed E-state index contributed by atoms with van der Waals surface area (Å²) in [5.74, 6) is 0.799. The maximum Gasteiger partial charge on any atom is 0.521 e. The molecule has 246 valence electrons. The van der Waals surface area contributed by atoms with E-state index >= 15 is 0 Å². The molecule has 47 heavy (non-hydrogen) atoms.